The number of aromatic amines is 1. The molecule has 2 atom stereocenters. The van der Waals surface area contributed by atoms with E-state index in [4.69, 9.17) is 11.6 Å². The van der Waals surface area contributed by atoms with Crippen molar-refractivity contribution < 1.29 is 14.4 Å². The van der Waals surface area contributed by atoms with Crippen LogP contribution in [0.1, 0.15) is 25.0 Å². The third-order valence-corrected chi connectivity index (χ3v) is 6.16. The highest BCUT2D eigenvalue weighted by atomic mass is 35.5. The summed E-state index contributed by atoms with van der Waals surface area (Å²) in [5.74, 6) is 0.0220. The van der Waals surface area contributed by atoms with Gasteiger partial charge in [0.2, 0.25) is 5.91 Å². The summed E-state index contributed by atoms with van der Waals surface area (Å²) >= 11 is 6.03. The molecule has 2 aliphatic rings. The zero-order valence-corrected chi connectivity index (χ0v) is 17.7. The second-order valence-corrected chi connectivity index (χ2v) is 8.49. The number of H-pyrrole nitrogens is 1. The van der Waals surface area contributed by atoms with Gasteiger partial charge < -0.3 is 20.1 Å². The average Bonchev–Trinajstić information content (AvgIpc) is 3.36. The van der Waals surface area contributed by atoms with E-state index in [0.717, 1.165) is 29.4 Å². The van der Waals surface area contributed by atoms with Gasteiger partial charge in [-0.3, -0.25) is 14.9 Å². The van der Waals surface area contributed by atoms with Gasteiger partial charge in [0.15, 0.2) is 0 Å². The summed E-state index contributed by atoms with van der Waals surface area (Å²) in [6.45, 7) is 1.78. The van der Waals surface area contributed by atoms with Gasteiger partial charge in [0.05, 0.1) is 25.2 Å². The van der Waals surface area contributed by atoms with Gasteiger partial charge in [0.1, 0.15) is 5.78 Å². The molecule has 8 nitrogen and oxygen atoms in total. The summed E-state index contributed by atoms with van der Waals surface area (Å²) in [6.07, 6.45) is 1.93. The first-order chi connectivity index (χ1) is 14.4. The molecule has 3 N–H and O–H groups in total. The maximum atomic E-state index is 12.7. The van der Waals surface area contributed by atoms with Crippen LogP contribution in [0.15, 0.2) is 24.3 Å². The Hall–Kier alpha value is -2.58. The monoisotopic (exact) mass is 431 g/mol. The summed E-state index contributed by atoms with van der Waals surface area (Å²) < 4.78 is 0. The molecular weight excluding hydrogens is 406 g/mol. The summed E-state index contributed by atoms with van der Waals surface area (Å²) in [5.41, 5.74) is 1.86. The van der Waals surface area contributed by atoms with Crippen molar-refractivity contribution in [3.63, 3.8) is 0 Å². The van der Waals surface area contributed by atoms with E-state index in [1.165, 1.54) is 0 Å². The number of fused-ring (bicyclic) bond motifs is 1. The summed E-state index contributed by atoms with van der Waals surface area (Å²) in [4.78, 5) is 43.5. The number of nitrogens with zero attached hydrogens (tertiary/aromatic N) is 2. The third kappa shape index (κ3) is 4.44. The number of rotatable bonds is 4. The van der Waals surface area contributed by atoms with E-state index in [1.807, 2.05) is 24.3 Å². The Labute approximate surface area is 179 Å². The van der Waals surface area contributed by atoms with Crippen LogP contribution in [0, 0.1) is 0 Å². The van der Waals surface area contributed by atoms with E-state index >= 15 is 0 Å². The fourth-order valence-corrected chi connectivity index (χ4v) is 4.38. The van der Waals surface area contributed by atoms with Crippen LogP contribution in [-0.4, -0.2) is 71.3 Å². The van der Waals surface area contributed by atoms with Crippen molar-refractivity contribution in [1.82, 2.24) is 25.4 Å². The van der Waals surface area contributed by atoms with Crippen LogP contribution >= 0.6 is 11.6 Å². The molecule has 2 saturated heterocycles. The molecule has 0 spiro atoms. The van der Waals surface area contributed by atoms with Crippen LogP contribution in [0.5, 0.6) is 0 Å². The Bertz CT molecular complexity index is 975. The lowest BCUT2D eigenvalue weighted by Crippen LogP contribution is -2.55. The molecule has 1 aromatic carbocycles. The molecular formula is C21H26ClN5O3. The number of ketones is 1. The third-order valence-electron chi connectivity index (χ3n) is 5.92. The van der Waals surface area contributed by atoms with E-state index in [1.54, 1.807) is 16.8 Å². The first-order valence-electron chi connectivity index (χ1n) is 10.2. The molecule has 0 unspecified atom stereocenters. The van der Waals surface area contributed by atoms with Crippen molar-refractivity contribution in [2.24, 2.45) is 0 Å². The fraction of sp³-hybridized carbons (Fsp3) is 0.476. The molecule has 0 bridgehead atoms. The Balaban J connectivity index is 1.32. The van der Waals surface area contributed by atoms with Crippen molar-refractivity contribution in [1.29, 1.82) is 0 Å². The van der Waals surface area contributed by atoms with Crippen LogP contribution < -0.4 is 10.6 Å². The van der Waals surface area contributed by atoms with Gasteiger partial charge in [0.25, 0.3) is 0 Å². The van der Waals surface area contributed by atoms with Gasteiger partial charge in [-0.15, -0.1) is 0 Å². The van der Waals surface area contributed by atoms with E-state index in [2.05, 4.69) is 15.6 Å². The molecule has 4 rings (SSSR count). The zero-order chi connectivity index (χ0) is 21.3. The molecule has 30 heavy (non-hydrogen) atoms. The lowest BCUT2D eigenvalue weighted by Gasteiger charge is -2.38. The SMILES string of the molecule is CN(C(=O)NCc1cc2cc(Cl)ccc2[nH]1)[C@@H]1CCCN(C(=O)[C@@H]2CC(=O)CN2)C1. The molecule has 2 aromatic rings. The normalized spacial score (nSPS) is 21.8. The van der Waals surface area contributed by atoms with Crippen molar-refractivity contribution in [3.05, 3.63) is 35.0 Å². The van der Waals surface area contributed by atoms with Gasteiger partial charge >= 0.3 is 6.03 Å². The number of amides is 3. The van der Waals surface area contributed by atoms with E-state index in [0.29, 0.717) is 24.7 Å². The summed E-state index contributed by atoms with van der Waals surface area (Å²) in [6, 6.07) is 6.93. The average molecular weight is 432 g/mol. The van der Waals surface area contributed by atoms with E-state index in [9.17, 15) is 14.4 Å². The maximum absolute atomic E-state index is 12.7. The number of urea groups is 1. The highest BCUT2D eigenvalue weighted by molar-refractivity contribution is 6.31. The number of likely N-dealkylation sites (tertiary alicyclic amines) is 1. The number of hydrogen-bond donors (Lipinski definition) is 3. The quantitative estimate of drug-likeness (QED) is 0.688. The Kier molecular flexibility index (Phi) is 5.97. The number of benzene rings is 1. The fourth-order valence-electron chi connectivity index (χ4n) is 4.20. The number of likely N-dealkylation sites (N-methyl/N-ethyl adjacent to an activating group) is 1. The molecule has 9 heteroatoms. The number of carbonyl (C=O) groups excluding carboxylic acids is 3. The van der Waals surface area contributed by atoms with Gasteiger partial charge in [-0.05, 0) is 37.1 Å². The van der Waals surface area contributed by atoms with Gasteiger partial charge in [-0.25, -0.2) is 4.79 Å². The second kappa shape index (κ2) is 8.65. The van der Waals surface area contributed by atoms with Gasteiger partial charge in [-0.2, -0.15) is 0 Å². The molecule has 2 fully saturated rings. The topological polar surface area (TPSA) is 97.5 Å². The number of carbonyl (C=O) groups is 3. The molecule has 1 aromatic heterocycles. The first kappa shape index (κ1) is 20.7. The number of Topliss-reactive ketones (excluding diaryl/α,β-unsaturated/α-hetero) is 1. The summed E-state index contributed by atoms with van der Waals surface area (Å²) in [5, 5.41) is 7.59. The first-order valence-corrected chi connectivity index (χ1v) is 10.6. The predicted molar refractivity (Wildman–Crippen MR) is 114 cm³/mol. The standard InChI is InChI=1S/C21H26ClN5O3/c1-26(16-3-2-6-27(12-16)20(29)19-9-17(28)11-23-19)21(30)24-10-15-8-13-7-14(22)4-5-18(13)25-15/h4-5,7-8,16,19,23,25H,2-3,6,9-12H2,1H3,(H,24,30)/t16-,19+/m1/s1. The highest BCUT2D eigenvalue weighted by Crippen LogP contribution is 2.21. The van der Waals surface area contributed by atoms with Crippen LogP contribution in [-0.2, 0) is 16.1 Å². The molecule has 0 saturated carbocycles. The zero-order valence-electron chi connectivity index (χ0n) is 16.9. The minimum atomic E-state index is -0.425. The molecule has 160 valence electrons. The van der Waals surface area contributed by atoms with Crippen molar-refractivity contribution >= 4 is 40.2 Å². The number of nitrogens with one attached hydrogen (secondary N) is 3. The largest absolute Gasteiger partial charge is 0.357 e. The van der Waals surface area contributed by atoms with Crippen molar-refractivity contribution in [3.8, 4) is 0 Å². The Morgan fingerprint density at radius 3 is 2.93 bits per heavy atom. The minimum Gasteiger partial charge on any atom is -0.357 e. The lowest BCUT2D eigenvalue weighted by molar-refractivity contribution is -0.135. The lowest BCUT2D eigenvalue weighted by atomic mass is 10.0. The smallest absolute Gasteiger partial charge is 0.317 e. The molecule has 0 aliphatic carbocycles. The summed E-state index contributed by atoms with van der Waals surface area (Å²) in [7, 11) is 1.76. The number of halogens is 1. The van der Waals surface area contributed by atoms with E-state index in [-0.39, 0.29) is 36.7 Å². The molecule has 3 heterocycles. The number of hydrogen-bond acceptors (Lipinski definition) is 4. The minimum absolute atomic E-state index is 0.0453. The second-order valence-electron chi connectivity index (χ2n) is 8.05. The van der Waals surface area contributed by atoms with Gasteiger partial charge in [-0.1, -0.05) is 11.6 Å². The molecule has 2 aliphatic heterocycles. The van der Waals surface area contributed by atoms with Crippen LogP contribution in [0.25, 0.3) is 10.9 Å². The van der Waals surface area contributed by atoms with Crippen LogP contribution in [0.3, 0.4) is 0 Å². The molecule has 0 radical (unpaired) electrons. The van der Waals surface area contributed by atoms with E-state index < -0.39 is 6.04 Å². The van der Waals surface area contributed by atoms with Crippen molar-refractivity contribution in [2.75, 3.05) is 26.7 Å². The number of aromatic nitrogens is 1. The molecule has 3 amide bonds. The van der Waals surface area contributed by atoms with Crippen LogP contribution in [0.4, 0.5) is 4.79 Å². The van der Waals surface area contributed by atoms with Crippen molar-refractivity contribution in [2.45, 2.75) is 37.9 Å². The maximum Gasteiger partial charge on any atom is 0.317 e. The Morgan fingerprint density at radius 2 is 2.17 bits per heavy atom. The number of piperidine rings is 1. The van der Waals surface area contributed by atoms with Crippen LogP contribution in [0.2, 0.25) is 5.02 Å². The Morgan fingerprint density at radius 1 is 1.33 bits per heavy atom. The predicted octanol–water partition coefficient (Wildman–Crippen LogP) is 1.88. The van der Waals surface area contributed by atoms with Gasteiger partial charge in [0, 0.05) is 48.2 Å². The highest BCUT2D eigenvalue weighted by Gasteiger charge is 2.34.